The molecule has 2 atom stereocenters. The van der Waals surface area contributed by atoms with Gasteiger partial charge in [0.1, 0.15) is 6.04 Å². The zero-order valence-electron chi connectivity index (χ0n) is 21.0. The Morgan fingerprint density at radius 1 is 0.921 bits per heavy atom. The van der Waals surface area contributed by atoms with Gasteiger partial charge in [-0.1, -0.05) is 72.5 Å². The van der Waals surface area contributed by atoms with Crippen molar-refractivity contribution >= 4 is 23.8 Å². The van der Waals surface area contributed by atoms with Crippen LogP contribution in [0.5, 0.6) is 0 Å². The molecule has 0 saturated carbocycles. The number of benzene rings is 3. The fraction of sp³-hybridized carbons (Fsp3) is 0.167. The van der Waals surface area contributed by atoms with E-state index < -0.39 is 17.9 Å². The smallest absolute Gasteiger partial charge is 0.267 e. The molecule has 3 aromatic rings. The molecular weight excluding hydrogens is 480 g/mol. The molecule has 0 aliphatic carbocycles. The van der Waals surface area contributed by atoms with E-state index in [4.69, 9.17) is 5.21 Å². The van der Waals surface area contributed by atoms with Gasteiger partial charge in [-0.15, -0.1) is 0 Å². The van der Waals surface area contributed by atoms with Gasteiger partial charge in [0.2, 0.25) is 5.91 Å². The monoisotopic (exact) mass is 510 g/mol. The van der Waals surface area contributed by atoms with E-state index >= 15 is 0 Å². The number of hydrogen-bond acceptors (Lipinski definition) is 5. The number of hydroxylamine groups is 1. The largest absolute Gasteiger partial charge is 0.352 e. The Balaban J connectivity index is 1.50. The molecule has 0 aliphatic heterocycles. The number of rotatable bonds is 10. The van der Waals surface area contributed by atoms with Crippen LogP contribution in [0.3, 0.4) is 0 Å². The summed E-state index contributed by atoms with van der Waals surface area (Å²) < 4.78 is 0. The van der Waals surface area contributed by atoms with Crippen LogP contribution in [0.25, 0.3) is 6.08 Å². The van der Waals surface area contributed by atoms with Crippen LogP contribution >= 0.6 is 0 Å². The van der Waals surface area contributed by atoms with Crippen LogP contribution in [0, 0.1) is 11.8 Å². The Kier molecular flexibility index (Phi) is 10.8. The number of nitrogens with one attached hydrogen (secondary N) is 4. The average molecular weight is 511 g/mol. The summed E-state index contributed by atoms with van der Waals surface area (Å²) in [5, 5.41) is 17.3. The second kappa shape index (κ2) is 14.8. The SMILES string of the molecule is C[C@@H](NCC(=O)NC[C@H](NC(=O)c1ccc(C#CC=Cc2ccccc2)cc1)C(=O)NO)c1ccccc1. The summed E-state index contributed by atoms with van der Waals surface area (Å²) in [6, 6.07) is 24.8. The van der Waals surface area contributed by atoms with Crippen LogP contribution in [0.15, 0.2) is 91.0 Å². The maximum absolute atomic E-state index is 12.7. The molecule has 194 valence electrons. The minimum Gasteiger partial charge on any atom is -0.352 e. The maximum Gasteiger partial charge on any atom is 0.267 e. The molecule has 8 heteroatoms. The van der Waals surface area contributed by atoms with Gasteiger partial charge in [-0.3, -0.25) is 19.6 Å². The molecule has 8 nitrogen and oxygen atoms in total. The van der Waals surface area contributed by atoms with Crippen LogP contribution in [-0.2, 0) is 9.59 Å². The molecule has 0 fully saturated rings. The summed E-state index contributed by atoms with van der Waals surface area (Å²) in [5.74, 6) is 4.20. The number of carbonyl (C=O) groups is 3. The molecule has 38 heavy (non-hydrogen) atoms. The van der Waals surface area contributed by atoms with Crippen molar-refractivity contribution in [3.8, 4) is 11.8 Å². The fourth-order valence-corrected chi connectivity index (χ4v) is 3.44. The number of amides is 3. The standard InChI is InChI=1S/C30H30N4O4/c1-22(25-14-6-3-7-15-25)31-21-28(35)32-20-27(30(37)34-38)33-29(36)26-18-16-24(17-19-26)13-9-8-12-23-10-4-2-5-11-23/h2-8,10-12,14-19,22,27,31,38H,20-21H2,1H3,(H,32,35)(H,33,36)(H,34,37)/t22-,27+/m1/s1. The van der Waals surface area contributed by atoms with Crippen molar-refractivity contribution in [2.24, 2.45) is 0 Å². The highest BCUT2D eigenvalue weighted by atomic mass is 16.5. The lowest BCUT2D eigenvalue weighted by atomic mass is 10.1. The average Bonchev–Trinajstić information content (AvgIpc) is 2.97. The molecule has 0 saturated heterocycles. The summed E-state index contributed by atoms with van der Waals surface area (Å²) >= 11 is 0. The topological polar surface area (TPSA) is 120 Å². The van der Waals surface area contributed by atoms with E-state index in [0.29, 0.717) is 11.1 Å². The van der Waals surface area contributed by atoms with Gasteiger partial charge in [0, 0.05) is 23.7 Å². The molecule has 0 aliphatic rings. The number of carbonyl (C=O) groups excluding carboxylic acids is 3. The van der Waals surface area contributed by atoms with E-state index in [9.17, 15) is 14.4 Å². The van der Waals surface area contributed by atoms with Crippen LogP contribution in [0.2, 0.25) is 0 Å². The molecule has 0 unspecified atom stereocenters. The Morgan fingerprint density at radius 3 is 2.24 bits per heavy atom. The first kappa shape index (κ1) is 27.9. The Bertz CT molecular complexity index is 1300. The molecule has 0 heterocycles. The van der Waals surface area contributed by atoms with Crippen molar-refractivity contribution in [2.45, 2.75) is 19.0 Å². The van der Waals surface area contributed by atoms with Crippen molar-refractivity contribution in [1.29, 1.82) is 0 Å². The van der Waals surface area contributed by atoms with E-state index in [1.165, 1.54) is 5.48 Å². The highest BCUT2D eigenvalue weighted by Gasteiger charge is 2.22. The van der Waals surface area contributed by atoms with E-state index in [2.05, 4.69) is 27.8 Å². The lowest BCUT2D eigenvalue weighted by molar-refractivity contribution is -0.131. The van der Waals surface area contributed by atoms with Crippen LogP contribution < -0.4 is 21.4 Å². The molecule has 3 rings (SSSR count). The van der Waals surface area contributed by atoms with Crippen LogP contribution in [0.1, 0.15) is 40.0 Å². The zero-order chi connectivity index (χ0) is 27.2. The molecule has 0 aromatic heterocycles. The Morgan fingerprint density at radius 2 is 1.58 bits per heavy atom. The van der Waals surface area contributed by atoms with Crippen molar-refractivity contribution in [3.63, 3.8) is 0 Å². The molecular formula is C30H30N4O4. The van der Waals surface area contributed by atoms with Crippen molar-refractivity contribution < 1.29 is 19.6 Å². The summed E-state index contributed by atoms with van der Waals surface area (Å²) in [6.45, 7) is 1.75. The first-order valence-electron chi connectivity index (χ1n) is 12.1. The highest BCUT2D eigenvalue weighted by molar-refractivity contribution is 5.97. The molecule has 3 amide bonds. The number of allylic oxidation sites excluding steroid dienone is 1. The minimum atomic E-state index is -1.18. The number of hydrogen-bond donors (Lipinski definition) is 5. The maximum atomic E-state index is 12.7. The van der Waals surface area contributed by atoms with Gasteiger partial charge in [0.05, 0.1) is 6.54 Å². The summed E-state index contributed by atoms with van der Waals surface area (Å²) in [5.41, 5.74) is 4.62. The third-order valence-electron chi connectivity index (χ3n) is 5.63. The van der Waals surface area contributed by atoms with Crippen LogP contribution in [-0.4, -0.2) is 42.1 Å². The Labute approximate surface area is 222 Å². The summed E-state index contributed by atoms with van der Waals surface area (Å²) in [4.78, 5) is 37.0. The van der Waals surface area contributed by atoms with Crippen molar-refractivity contribution in [1.82, 2.24) is 21.4 Å². The first-order valence-corrected chi connectivity index (χ1v) is 12.1. The van der Waals surface area contributed by atoms with E-state index in [-0.39, 0.29) is 25.0 Å². The van der Waals surface area contributed by atoms with Crippen molar-refractivity contribution in [3.05, 3.63) is 113 Å². The predicted molar refractivity (Wildman–Crippen MR) is 146 cm³/mol. The second-order valence-corrected chi connectivity index (χ2v) is 8.41. The molecule has 0 spiro atoms. The van der Waals surface area contributed by atoms with Crippen LogP contribution in [0.4, 0.5) is 0 Å². The Hall–Kier alpha value is -4.71. The third kappa shape index (κ3) is 9.06. The third-order valence-corrected chi connectivity index (χ3v) is 5.63. The van der Waals surface area contributed by atoms with Crippen molar-refractivity contribution in [2.75, 3.05) is 13.1 Å². The van der Waals surface area contributed by atoms with E-state index in [1.807, 2.05) is 73.7 Å². The predicted octanol–water partition coefficient (Wildman–Crippen LogP) is 2.82. The zero-order valence-corrected chi connectivity index (χ0v) is 21.0. The van der Waals surface area contributed by atoms with Gasteiger partial charge in [0.25, 0.3) is 11.8 Å². The van der Waals surface area contributed by atoms with Gasteiger partial charge < -0.3 is 16.0 Å². The van der Waals surface area contributed by atoms with Gasteiger partial charge in [-0.05, 0) is 54.5 Å². The summed E-state index contributed by atoms with van der Waals surface area (Å²) in [7, 11) is 0. The summed E-state index contributed by atoms with van der Waals surface area (Å²) in [6.07, 6.45) is 3.65. The quantitative estimate of drug-likeness (QED) is 0.163. The lowest BCUT2D eigenvalue weighted by Crippen LogP contribution is -2.52. The molecule has 0 bridgehead atoms. The normalized spacial score (nSPS) is 12.1. The lowest BCUT2D eigenvalue weighted by Gasteiger charge is -2.18. The van der Waals surface area contributed by atoms with Gasteiger partial charge in [-0.2, -0.15) is 0 Å². The first-order chi connectivity index (χ1) is 18.5. The van der Waals surface area contributed by atoms with Gasteiger partial charge in [0.15, 0.2) is 0 Å². The molecule has 5 N–H and O–H groups in total. The highest BCUT2D eigenvalue weighted by Crippen LogP contribution is 2.10. The van der Waals surface area contributed by atoms with E-state index in [1.54, 1.807) is 30.3 Å². The second-order valence-electron chi connectivity index (χ2n) is 8.41. The van der Waals surface area contributed by atoms with Gasteiger partial charge in [-0.25, -0.2) is 5.48 Å². The molecule has 3 aromatic carbocycles. The minimum absolute atomic E-state index is 0.0144. The fourth-order valence-electron chi connectivity index (χ4n) is 3.44. The van der Waals surface area contributed by atoms with E-state index in [0.717, 1.165) is 11.1 Å². The molecule has 0 radical (unpaired) electrons. The van der Waals surface area contributed by atoms with Gasteiger partial charge >= 0.3 is 0 Å².